The van der Waals surface area contributed by atoms with Crippen molar-refractivity contribution < 1.29 is 14.7 Å². The fourth-order valence-corrected chi connectivity index (χ4v) is 0.907. The summed E-state index contributed by atoms with van der Waals surface area (Å²) >= 11 is 0. The second kappa shape index (κ2) is 5.58. The molecule has 15 heavy (non-hydrogen) atoms. The summed E-state index contributed by atoms with van der Waals surface area (Å²) in [6.07, 6.45) is 0.794. The van der Waals surface area contributed by atoms with Crippen LogP contribution in [-0.2, 0) is 4.79 Å². The first-order valence-corrected chi connectivity index (χ1v) is 5.04. The zero-order valence-electron chi connectivity index (χ0n) is 9.83. The van der Waals surface area contributed by atoms with E-state index in [-0.39, 0.29) is 24.5 Å². The molecule has 0 bridgehead atoms. The molecule has 2 amide bonds. The maximum absolute atomic E-state index is 11.6. The molecule has 0 unspecified atom stereocenters. The third kappa shape index (κ3) is 4.67. The van der Waals surface area contributed by atoms with E-state index < -0.39 is 5.97 Å². The number of carboxylic acids is 1. The van der Waals surface area contributed by atoms with Gasteiger partial charge in [0.2, 0.25) is 0 Å². The first-order chi connectivity index (χ1) is 6.81. The molecule has 0 aromatic heterocycles. The van der Waals surface area contributed by atoms with Gasteiger partial charge >= 0.3 is 12.0 Å². The molecule has 2 N–H and O–H groups in total. The highest BCUT2D eigenvalue weighted by Crippen LogP contribution is 2.15. The number of carboxylic acid groups (broad SMARTS) is 1. The second-order valence-electron chi connectivity index (χ2n) is 4.10. The summed E-state index contributed by atoms with van der Waals surface area (Å²) in [5.74, 6) is -0.910. The van der Waals surface area contributed by atoms with Crippen LogP contribution < -0.4 is 5.32 Å². The van der Waals surface area contributed by atoms with Crippen molar-refractivity contribution in [3.05, 3.63) is 0 Å². The minimum Gasteiger partial charge on any atom is -0.481 e. The first kappa shape index (κ1) is 13.7. The van der Waals surface area contributed by atoms with Crippen LogP contribution >= 0.6 is 0 Å². The number of nitrogens with one attached hydrogen (secondary N) is 1. The first-order valence-electron chi connectivity index (χ1n) is 5.04. The molecule has 0 saturated carbocycles. The molecule has 0 aromatic rings. The van der Waals surface area contributed by atoms with Gasteiger partial charge in [-0.05, 0) is 20.3 Å². The summed E-state index contributed by atoms with van der Waals surface area (Å²) in [6, 6.07) is -0.233. The lowest BCUT2D eigenvalue weighted by molar-refractivity contribution is -0.136. The molecule has 0 spiro atoms. The summed E-state index contributed by atoms with van der Waals surface area (Å²) in [5, 5.41) is 11.0. The molecule has 0 aromatic carbocycles. The van der Waals surface area contributed by atoms with E-state index in [1.54, 1.807) is 11.9 Å². The van der Waals surface area contributed by atoms with Crippen molar-refractivity contribution in [2.45, 2.75) is 39.2 Å². The summed E-state index contributed by atoms with van der Waals surface area (Å²) in [5.41, 5.74) is -0.215. The zero-order valence-corrected chi connectivity index (χ0v) is 9.83. The maximum Gasteiger partial charge on any atom is 0.317 e. The number of carbonyl (C=O) groups is 2. The van der Waals surface area contributed by atoms with Gasteiger partial charge in [0.15, 0.2) is 0 Å². The number of rotatable bonds is 5. The molecular formula is C10H20N2O3. The van der Waals surface area contributed by atoms with Crippen LogP contribution in [0.2, 0.25) is 0 Å². The molecular weight excluding hydrogens is 196 g/mol. The second-order valence-corrected chi connectivity index (χ2v) is 4.10. The Labute approximate surface area is 90.5 Å². The fraction of sp³-hybridized carbons (Fsp3) is 0.800. The average molecular weight is 216 g/mol. The highest BCUT2D eigenvalue weighted by molar-refractivity contribution is 5.75. The van der Waals surface area contributed by atoms with Gasteiger partial charge in [-0.15, -0.1) is 0 Å². The van der Waals surface area contributed by atoms with Crippen LogP contribution in [0.1, 0.15) is 33.6 Å². The fourth-order valence-electron chi connectivity index (χ4n) is 0.907. The van der Waals surface area contributed by atoms with Gasteiger partial charge in [0.1, 0.15) is 0 Å². The molecule has 88 valence electrons. The number of carbonyl (C=O) groups excluding carboxylic acids is 1. The molecule has 0 heterocycles. The molecule has 0 saturated heterocycles. The summed E-state index contributed by atoms with van der Waals surface area (Å²) < 4.78 is 0. The van der Waals surface area contributed by atoms with E-state index in [0.717, 1.165) is 6.42 Å². The number of urea groups is 1. The quantitative estimate of drug-likeness (QED) is 0.727. The Balaban J connectivity index is 4.05. The van der Waals surface area contributed by atoms with Crippen molar-refractivity contribution in [1.82, 2.24) is 10.2 Å². The minimum atomic E-state index is -0.910. The Kier molecular flexibility index (Phi) is 5.11. The Morgan fingerprint density at radius 3 is 2.33 bits per heavy atom. The zero-order chi connectivity index (χ0) is 12.1. The molecule has 0 fully saturated rings. The van der Waals surface area contributed by atoms with Crippen molar-refractivity contribution >= 4 is 12.0 Å². The van der Waals surface area contributed by atoms with Gasteiger partial charge in [-0.25, -0.2) is 4.79 Å². The van der Waals surface area contributed by atoms with Gasteiger partial charge < -0.3 is 15.3 Å². The van der Waals surface area contributed by atoms with E-state index in [0.29, 0.717) is 0 Å². The molecule has 5 nitrogen and oxygen atoms in total. The van der Waals surface area contributed by atoms with E-state index in [2.05, 4.69) is 5.32 Å². The predicted molar refractivity (Wildman–Crippen MR) is 57.8 cm³/mol. The lowest BCUT2D eigenvalue weighted by Crippen LogP contribution is -2.49. The number of hydrogen-bond acceptors (Lipinski definition) is 2. The van der Waals surface area contributed by atoms with Gasteiger partial charge in [0.25, 0.3) is 0 Å². The van der Waals surface area contributed by atoms with E-state index in [1.807, 2.05) is 20.8 Å². The average Bonchev–Trinajstić information content (AvgIpc) is 2.15. The van der Waals surface area contributed by atoms with Gasteiger partial charge in [0.05, 0.1) is 6.42 Å². The topological polar surface area (TPSA) is 69.6 Å². The highest BCUT2D eigenvalue weighted by atomic mass is 16.4. The third-order valence-electron chi connectivity index (χ3n) is 2.69. The van der Waals surface area contributed by atoms with Crippen LogP contribution in [0.15, 0.2) is 0 Å². The Bertz CT molecular complexity index is 239. The highest BCUT2D eigenvalue weighted by Gasteiger charge is 2.25. The minimum absolute atomic E-state index is 0.0495. The summed E-state index contributed by atoms with van der Waals surface area (Å²) in [4.78, 5) is 23.4. The number of amides is 2. The predicted octanol–water partition coefficient (Wildman–Crippen LogP) is 1.29. The molecule has 0 aliphatic carbocycles. The van der Waals surface area contributed by atoms with Crippen LogP contribution in [0, 0.1) is 0 Å². The molecule has 0 rings (SSSR count). The molecule has 0 aliphatic rings. The number of aliphatic carboxylic acids is 1. The molecule has 0 atom stereocenters. The number of nitrogens with zero attached hydrogens (tertiary/aromatic N) is 1. The van der Waals surface area contributed by atoms with Gasteiger partial charge in [-0.1, -0.05) is 6.92 Å². The molecule has 5 heteroatoms. The Morgan fingerprint density at radius 1 is 1.40 bits per heavy atom. The van der Waals surface area contributed by atoms with E-state index in [4.69, 9.17) is 5.11 Å². The van der Waals surface area contributed by atoms with Crippen LogP contribution in [-0.4, -0.2) is 41.1 Å². The van der Waals surface area contributed by atoms with Crippen molar-refractivity contribution in [3.8, 4) is 0 Å². The van der Waals surface area contributed by atoms with Crippen LogP contribution in [0.25, 0.3) is 0 Å². The largest absolute Gasteiger partial charge is 0.481 e. The third-order valence-corrected chi connectivity index (χ3v) is 2.69. The lowest BCUT2D eigenvalue weighted by atomic mass is 10.0. The van der Waals surface area contributed by atoms with Crippen molar-refractivity contribution in [1.29, 1.82) is 0 Å². The van der Waals surface area contributed by atoms with E-state index >= 15 is 0 Å². The number of hydrogen-bond donors (Lipinski definition) is 2. The van der Waals surface area contributed by atoms with Crippen molar-refractivity contribution in [2.24, 2.45) is 0 Å². The van der Waals surface area contributed by atoms with Gasteiger partial charge in [-0.2, -0.15) is 0 Å². The van der Waals surface area contributed by atoms with E-state index in [9.17, 15) is 9.59 Å². The van der Waals surface area contributed by atoms with Crippen LogP contribution in [0.3, 0.4) is 0 Å². The van der Waals surface area contributed by atoms with Crippen LogP contribution in [0.4, 0.5) is 4.79 Å². The van der Waals surface area contributed by atoms with Gasteiger partial charge in [0, 0.05) is 19.1 Å². The Hall–Kier alpha value is -1.26. The Morgan fingerprint density at radius 2 is 1.93 bits per heavy atom. The SMILES string of the molecule is CCC(C)(C)N(C)C(=O)NCCC(=O)O. The smallest absolute Gasteiger partial charge is 0.317 e. The monoisotopic (exact) mass is 216 g/mol. The van der Waals surface area contributed by atoms with Gasteiger partial charge in [-0.3, -0.25) is 4.79 Å². The standard InChI is InChI=1S/C10H20N2O3/c1-5-10(2,3)12(4)9(15)11-7-6-8(13)14/h5-7H2,1-4H3,(H,11,15)(H,13,14). The van der Waals surface area contributed by atoms with E-state index in [1.165, 1.54) is 0 Å². The molecule has 0 aliphatic heterocycles. The molecule has 0 radical (unpaired) electrons. The summed E-state index contributed by atoms with van der Waals surface area (Å²) in [6.45, 7) is 6.09. The lowest BCUT2D eigenvalue weighted by Gasteiger charge is -2.34. The summed E-state index contributed by atoms with van der Waals surface area (Å²) in [7, 11) is 1.71. The normalized spacial score (nSPS) is 10.9. The maximum atomic E-state index is 11.6. The van der Waals surface area contributed by atoms with Crippen molar-refractivity contribution in [3.63, 3.8) is 0 Å². The van der Waals surface area contributed by atoms with Crippen molar-refractivity contribution in [2.75, 3.05) is 13.6 Å². The van der Waals surface area contributed by atoms with Crippen LogP contribution in [0.5, 0.6) is 0 Å².